The summed E-state index contributed by atoms with van der Waals surface area (Å²) in [5.41, 5.74) is 3.64. The molecule has 0 aliphatic carbocycles. The molecule has 1 aliphatic heterocycles. The van der Waals surface area contributed by atoms with Crippen LogP contribution in [0.1, 0.15) is 17.5 Å². The van der Waals surface area contributed by atoms with E-state index in [1.807, 2.05) is 12.1 Å². The number of methoxy groups -OCH3 is 1. The summed E-state index contributed by atoms with van der Waals surface area (Å²) in [6.45, 7) is 7.20. The number of rotatable bonds is 10. The first kappa shape index (κ1) is 24.3. The maximum absolute atomic E-state index is 5.81. The highest BCUT2D eigenvalue weighted by Crippen LogP contribution is 2.15. The minimum absolute atomic E-state index is 0.697. The second-order valence-corrected chi connectivity index (χ2v) is 8.68. The Morgan fingerprint density at radius 2 is 1.69 bits per heavy atom. The van der Waals surface area contributed by atoms with Gasteiger partial charge in [-0.2, -0.15) is 0 Å². The molecule has 1 saturated heterocycles. The van der Waals surface area contributed by atoms with Gasteiger partial charge in [-0.05, 0) is 54.0 Å². The van der Waals surface area contributed by atoms with Crippen molar-refractivity contribution in [2.75, 3.05) is 65.5 Å². The Bertz CT molecular complexity index is 821. The van der Waals surface area contributed by atoms with Crippen molar-refractivity contribution in [3.05, 3.63) is 59.7 Å². The van der Waals surface area contributed by atoms with Crippen molar-refractivity contribution in [3.63, 3.8) is 0 Å². The SMILES string of the molecule is COc1ccc(CNC(=S)N(CCCN2CCOCC2)Cc2ccc(N(C)C)cc2)cc1. The highest BCUT2D eigenvalue weighted by Gasteiger charge is 2.14. The van der Waals surface area contributed by atoms with Crippen LogP contribution in [0.3, 0.4) is 0 Å². The summed E-state index contributed by atoms with van der Waals surface area (Å²) < 4.78 is 10.7. The van der Waals surface area contributed by atoms with Crippen LogP contribution in [0.2, 0.25) is 0 Å². The van der Waals surface area contributed by atoms with Gasteiger partial charge in [0.2, 0.25) is 0 Å². The Balaban J connectivity index is 1.58. The Hall–Kier alpha value is -2.35. The van der Waals surface area contributed by atoms with Crippen LogP contribution in [0, 0.1) is 0 Å². The molecule has 0 aromatic heterocycles. The largest absolute Gasteiger partial charge is 0.497 e. The molecule has 32 heavy (non-hydrogen) atoms. The van der Waals surface area contributed by atoms with Crippen LogP contribution in [0.25, 0.3) is 0 Å². The van der Waals surface area contributed by atoms with Crippen LogP contribution < -0.4 is 15.0 Å². The average molecular weight is 457 g/mol. The standard InChI is InChI=1S/C25H36N4O2S/c1-27(2)23-9-5-22(6-10-23)20-29(14-4-13-28-15-17-31-18-16-28)25(32)26-19-21-7-11-24(30-3)12-8-21/h5-12H,4,13-20H2,1-3H3,(H,26,32). The van der Waals surface area contributed by atoms with E-state index in [2.05, 4.69) is 70.5 Å². The van der Waals surface area contributed by atoms with Crippen molar-refractivity contribution in [1.82, 2.24) is 15.1 Å². The molecule has 0 unspecified atom stereocenters. The fraction of sp³-hybridized carbons (Fsp3) is 0.480. The predicted molar refractivity (Wildman–Crippen MR) is 135 cm³/mol. The van der Waals surface area contributed by atoms with E-state index < -0.39 is 0 Å². The first-order chi connectivity index (χ1) is 15.5. The first-order valence-corrected chi connectivity index (χ1v) is 11.7. The van der Waals surface area contributed by atoms with E-state index in [0.29, 0.717) is 6.54 Å². The van der Waals surface area contributed by atoms with Gasteiger partial charge >= 0.3 is 0 Å². The molecule has 0 bridgehead atoms. The van der Waals surface area contributed by atoms with E-state index in [-0.39, 0.29) is 0 Å². The van der Waals surface area contributed by atoms with Crippen molar-refractivity contribution >= 4 is 23.0 Å². The minimum Gasteiger partial charge on any atom is -0.497 e. The Morgan fingerprint density at radius 3 is 2.31 bits per heavy atom. The zero-order valence-electron chi connectivity index (χ0n) is 19.5. The second kappa shape index (κ2) is 12.6. The molecule has 1 aliphatic rings. The molecule has 0 spiro atoms. The number of nitrogens with zero attached hydrogens (tertiary/aromatic N) is 3. The molecule has 0 amide bonds. The van der Waals surface area contributed by atoms with Gasteiger partial charge in [-0.15, -0.1) is 0 Å². The van der Waals surface area contributed by atoms with Gasteiger partial charge in [0, 0.05) is 59.1 Å². The summed E-state index contributed by atoms with van der Waals surface area (Å²) in [5.74, 6) is 0.863. The lowest BCUT2D eigenvalue weighted by atomic mass is 10.2. The van der Waals surface area contributed by atoms with Crippen molar-refractivity contribution in [3.8, 4) is 5.75 Å². The summed E-state index contributed by atoms with van der Waals surface area (Å²) in [5, 5.41) is 4.24. The van der Waals surface area contributed by atoms with E-state index >= 15 is 0 Å². The highest BCUT2D eigenvalue weighted by molar-refractivity contribution is 7.80. The van der Waals surface area contributed by atoms with Crippen molar-refractivity contribution < 1.29 is 9.47 Å². The molecule has 1 N–H and O–H groups in total. The molecule has 1 heterocycles. The molecule has 0 atom stereocenters. The van der Waals surface area contributed by atoms with E-state index in [1.54, 1.807) is 7.11 Å². The maximum Gasteiger partial charge on any atom is 0.169 e. The lowest BCUT2D eigenvalue weighted by Gasteiger charge is -2.30. The number of hydrogen-bond acceptors (Lipinski definition) is 5. The Morgan fingerprint density at radius 1 is 1.03 bits per heavy atom. The van der Waals surface area contributed by atoms with Crippen LogP contribution in [-0.2, 0) is 17.8 Å². The normalized spacial score (nSPS) is 14.1. The van der Waals surface area contributed by atoms with Gasteiger partial charge < -0.3 is 24.6 Å². The third kappa shape index (κ3) is 7.65. The number of anilines is 1. The van der Waals surface area contributed by atoms with E-state index in [0.717, 1.165) is 63.2 Å². The van der Waals surface area contributed by atoms with Crippen LogP contribution in [0.15, 0.2) is 48.5 Å². The van der Waals surface area contributed by atoms with Crippen molar-refractivity contribution in [2.24, 2.45) is 0 Å². The number of thiocarbonyl (C=S) groups is 1. The predicted octanol–water partition coefficient (Wildman–Crippen LogP) is 3.36. The van der Waals surface area contributed by atoms with E-state index in [4.69, 9.17) is 21.7 Å². The monoisotopic (exact) mass is 456 g/mol. The summed E-state index contributed by atoms with van der Waals surface area (Å²) >= 11 is 5.81. The molecule has 1 fully saturated rings. The summed E-state index contributed by atoms with van der Waals surface area (Å²) in [6.07, 6.45) is 1.07. The van der Waals surface area contributed by atoms with Crippen molar-refractivity contribution in [2.45, 2.75) is 19.5 Å². The molecule has 174 valence electrons. The molecule has 2 aromatic carbocycles. The number of hydrogen-bond donors (Lipinski definition) is 1. The van der Waals surface area contributed by atoms with Gasteiger partial charge in [0.1, 0.15) is 5.75 Å². The lowest BCUT2D eigenvalue weighted by Crippen LogP contribution is -2.42. The molecule has 6 nitrogen and oxygen atoms in total. The fourth-order valence-electron chi connectivity index (χ4n) is 3.72. The van der Waals surface area contributed by atoms with Gasteiger partial charge in [0.25, 0.3) is 0 Å². The average Bonchev–Trinajstić information content (AvgIpc) is 2.83. The minimum atomic E-state index is 0.697. The molecule has 7 heteroatoms. The van der Waals surface area contributed by atoms with Crippen molar-refractivity contribution in [1.29, 1.82) is 0 Å². The van der Waals surface area contributed by atoms with Crippen LogP contribution in [0.4, 0.5) is 5.69 Å². The molecule has 2 aromatic rings. The van der Waals surface area contributed by atoms with Crippen LogP contribution in [-0.4, -0.2) is 75.5 Å². The molecule has 0 saturated carbocycles. The number of benzene rings is 2. The molecule has 0 radical (unpaired) electrons. The van der Waals surface area contributed by atoms with Crippen LogP contribution >= 0.6 is 12.2 Å². The van der Waals surface area contributed by atoms with Gasteiger partial charge in [-0.25, -0.2) is 0 Å². The molecular formula is C25H36N4O2S. The third-order valence-corrected chi connectivity index (χ3v) is 6.12. The topological polar surface area (TPSA) is 40.2 Å². The third-order valence-electron chi connectivity index (χ3n) is 5.72. The van der Waals surface area contributed by atoms with Gasteiger partial charge in [-0.1, -0.05) is 24.3 Å². The Kier molecular flexibility index (Phi) is 9.59. The number of nitrogens with one attached hydrogen (secondary N) is 1. The summed E-state index contributed by atoms with van der Waals surface area (Å²) in [4.78, 5) is 6.87. The molecular weight excluding hydrogens is 420 g/mol. The summed E-state index contributed by atoms with van der Waals surface area (Å²) in [6, 6.07) is 16.8. The lowest BCUT2D eigenvalue weighted by molar-refractivity contribution is 0.0367. The fourth-order valence-corrected chi connectivity index (χ4v) is 3.94. The Labute approximate surface area is 198 Å². The van der Waals surface area contributed by atoms with Gasteiger partial charge in [0.05, 0.1) is 20.3 Å². The second-order valence-electron chi connectivity index (χ2n) is 8.30. The van der Waals surface area contributed by atoms with Gasteiger partial charge in [0.15, 0.2) is 5.11 Å². The molecule has 3 rings (SSSR count). The smallest absolute Gasteiger partial charge is 0.169 e. The zero-order chi connectivity index (χ0) is 22.8. The zero-order valence-corrected chi connectivity index (χ0v) is 20.4. The van der Waals surface area contributed by atoms with E-state index in [1.165, 1.54) is 16.8 Å². The number of morpholine rings is 1. The van der Waals surface area contributed by atoms with Gasteiger partial charge in [-0.3, -0.25) is 4.90 Å². The number of ether oxygens (including phenoxy) is 2. The maximum atomic E-state index is 5.81. The quantitative estimate of drug-likeness (QED) is 0.550. The van der Waals surface area contributed by atoms with E-state index in [9.17, 15) is 0 Å². The summed E-state index contributed by atoms with van der Waals surface area (Å²) in [7, 11) is 5.80. The first-order valence-electron chi connectivity index (χ1n) is 11.3. The van der Waals surface area contributed by atoms with Crippen LogP contribution in [0.5, 0.6) is 5.75 Å². The highest BCUT2D eigenvalue weighted by atomic mass is 32.1.